The zero-order valence-electron chi connectivity index (χ0n) is 22.0. The van der Waals surface area contributed by atoms with Gasteiger partial charge in [0.2, 0.25) is 0 Å². The summed E-state index contributed by atoms with van der Waals surface area (Å²) in [5, 5.41) is 24.5. The molecule has 0 amide bonds. The van der Waals surface area contributed by atoms with Crippen molar-refractivity contribution in [1.82, 2.24) is 14.8 Å². The standard InChI is InChI=1S/C30H36BrN3O4/c1-33-12-14-34(15-13-33)18-24-23(19-35)27(20-6-4-3-5-7-20)30(21-8-10-22(31)11-9-21)29(24,36)28-25(37-2)16-32-17-26(28)38-30/h3-6,8-11,16-17,20,23-24,27,35-36H,7,12-15,18-19H2,1-2H3/t20?,23-,24-,27+,29+,30-/m0/s1. The number of aromatic nitrogens is 1. The molecule has 4 aliphatic rings. The summed E-state index contributed by atoms with van der Waals surface area (Å²) >= 11 is 3.58. The quantitative estimate of drug-likeness (QED) is 0.540. The number of ether oxygens (including phenoxy) is 2. The molecule has 0 radical (unpaired) electrons. The predicted molar refractivity (Wildman–Crippen MR) is 149 cm³/mol. The molecule has 7 nitrogen and oxygen atoms in total. The zero-order valence-corrected chi connectivity index (χ0v) is 23.5. The second kappa shape index (κ2) is 10.1. The minimum Gasteiger partial charge on any atom is -0.495 e. The molecule has 1 saturated heterocycles. The third-order valence-electron chi connectivity index (χ3n) is 9.31. The van der Waals surface area contributed by atoms with Crippen molar-refractivity contribution >= 4 is 15.9 Å². The van der Waals surface area contributed by atoms with Crippen LogP contribution in [-0.4, -0.2) is 78.5 Å². The number of likely N-dealkylation sites (N-methyl/N-ethyl adjacent to an activating group) is 1. The van der Waals surface area contributed by atoms with Gasteiger partial charge in [-0.15, -0.1) is 0 Å². The van der Waals surface area contributed by atoms with Crippen LogP contribution in [0.1, 0.15) is 17.5 Å². The van der Waals surface area contributed by atoms with E-state index in [0.717, 1.165) is 42.6 Å². The van der Waals surface area contributed by atoms with E-state index in [-0.39, 0.29) is 30.3 Å². The largest absolute Gasteiger partial charge is 0.495 e. The van der Waals surface area contributed by atoms with Crippen LogP contribution in [0.3, 0.4) is 0 Å². The molecule has 2 aromatic rings. The highest BCUT2D eigenvalue weighted by Crippen LogP contribution is 2.71. The highest BCUT2D eigenvalue weighted by atomic mass is 79.9. The van der Waals surface area contributed by atoms with E-state index < -0.39 is 11.2 Å². The van der Waals surface area contributed by atoms with Crippen molar-refractivity contribution in [3.63, 3.8) is 0 Å². The number of allylic oxidation sites excluding steroid dienone is 4. The number of hydrogen-bond acceptors (Lipinski definition) is 7. The van der Waals surface area contributed by atoms with E-state index in [1.165, 1.54) is 0 Å². The zero-order chi connectivity index (χ0) is 26.5. The Kier molecular flexibility index (Phi) is 6.89. The predicted octanol–water partition coefficient (Wildman–Crippen LogP) is 3.56. The van der Waals surface area contributed by atoms with Crippen LogP contribution in [0.15, 0.2) is 65.4 Å². The Morgan fingerprint density at radius 1 is 1.13 bits per heavy atom. The smallest absolute Gasteiger partial charge is 0.171 e. The number of methoxy groups -OCH3 is 1. The van der Waals surface area contributed by atoms with E-state index >= 15 is 0 Å². The summed E-state index contributed by atoms with van der Waals surface area (Å²) in [5.41, 5.74) is -1.03. The van der Waals surface area contributed by atoms with Crippen molar-refractivity contribution in [2.24, 2.45) is 23.7 Å². The third kappa shape index (κ3) is 3.79. The van der Waals surface area contributed by atoms with Crippen molar-refractivity contribution < 1.29 is 19.7 Å². The molecule has 1 aromatic heterocycles. The van der Waals surface area contributed by atoms with Gasteiger partial charge in [-0.3, -0.25) is 4.98 Å². The molecule has 0 bridgehead atoms. The first-order chi connectivity index (χ1) is 18.4. The lowest BCUT2D eigenvalue weighted by atomic mass is 9.67. The van der Waals surface area contributed by atoms with Gasteiger partial charge < -0.3 is 29.5 Å². The number of benzene rings is 1. The molecular weight excluding hydrogens is 546 g/mol. The van der Waals surface area contributed by atoms with Crippen molar-refractivity contribution in [3.05, 3.63) is 76.6 Å². The molecule has 3 heterocycles. The van der Waals surface area contributed by atoms with Gasteiger partial charge in [0, 0.05) is 55.6 Å². The first kappa shape index (κ1) is 26.0. The molecular formula is C30H36BrN3O4. The van der Waals surface area contributed by atoms with Crippen molar-refractivity contribution in [2.75, 3.05) is 53.5 Å². The molecule has 38 heavy (non-hydrogen) atoms. The monoisotopic (exact) mass is 581 g/mol. The summed E-state index contributed by atoms with van der Waals surface area (Å²) in [5.74, 6) is 0.475. The van der Waals surface area contributed by atoms with Crippen LogP contribution in [0, 0.1) is 23.7 Å². The minimum atomic E-state index is -1.44. The SMILES string of the molecule is COc1cncc2c1[C@]1(O)[C@@H](CN3CCN(C)CC3)[C@H](CO)[C@@H](C3C=CC=CC3)[C@]1(c1ccc(Br)cc1)O2. The molecule has 2 aliphatic heterocycles. The van der Waals surface area contributed by atoms with E-state index in [2.05, 4.69) is 62.1 Å². The number of aliphatic hydroxyl groups is 2. The number of aliphatic hydroxyl groups excluding tert-OH is 1. The van der Waals surface area contributed by atoms with Gasteiger partial charge in [0.25, 0.3) is 0 Å². The van der Waals surface area contributed by atoms with Crippen molar-refractivity contribution in [3.8, 4) is 11.5 Å². The van der Waals surface area contributed by atoms with E-state index in [4.69, 9.17) is 9.47 Å². The first-order valence-corrected chi connectivity index (χ1v) is 14.3. The minimum absolute atomic E-state index is 0.0379. The molecule has 1 saturated carbocycles. The number of halogens is 1. The van der Waals surface area contributed by atoms with E-state index in [0.29, 0.717) is 23.6 Å². The van der Waals surface area contributed by atoms with Crippen LogP contribution < -0.4 is 9.47 Å². The van der Waals surface area contributed by atoms with Gasteiger partial charge >= 0.3 is 0 Å². The van der Waals surface area contributed by atoms with Gasteiger partial charge in [-0.1, -0.05) is 52.4 Å². The highest BCUT2D eigenvalue weighted by Gasteiger charge is 2.77. The third-order valence-corrected chi connectivity index (χ3v) is 9.84. The summed E-state index contributed by atoms with van der Waals surface area (Å²) < 4.78 is 13.8. The molecule has 2 aliphatic carbocycles. The van der Waals surface area contributed by atoms with Gasteiger partial charge in [-0.05, 0) is 43.0 Å². The Morgan fingerprint density at radius 2 is 1.89 bits per heavy atom. The van der Waals surface area contributed by atoms with Gasteiger partial charge in [-0.2, -0.15) is 0 Å². The maximum atomic E-state index is 13.4. The molecule has 0 spiro atoms. The summed E-state index contributed by atoms with van der Waals surface area (Å²) in [6, 6.07) is 8.09. The lowest BCUT2D eigenvalue weighted by Gasteiger charge is -2.44. The maximum absolute atomic E-state index is 13.4. The van der Waals surface area contributed by atoms with Gasteiger partial charge in [0.15, 0.2) is 5.60 Å². The molecule has 2 N–H and O–H groups in total. The lowest BCUT2D eigenvalue weighted by Crippen LogP contribution is -2.54. The van der Waals surface area contributed by atoms with Gasteiger partial charge in [-0.25, -0.2) is 0 Å². The Hall–Kier alpha value is -2.23. The molecule has 6 atom stereocenters. The number of fused-ring (bicyclic) bond motifs is 3. The number of hydrogen-bond donors (Lipinski definition) is 2. The Bertz CT molecular complexity index is 1230. The van der Waals surface area contributed by atoms with Crippen LogP contribution in [0.2, 0.25) is 0 Å². The fourth-order valence-corrected chi connectivity index (χ4v) is 7.85. The van der Waals surface area contributed by atoms with E-state index in [9.17, 15) is 10.2 Å². The lowest BCUT2D eigenvalue weighted by molar-refractivity contribution is -0.146. The average Bonchev–Trinajstić information content (AvgIpc) is 3.33. The fraction of sp³-hybridized carbons (Fsp3) is 0.500. The fourth-order valence-electron chi connectivity index (χ4n) is 7.58. The highest BCUT2D eigenvalue weighted by molar-refractivity contribution is 9.10. The van der Waals surface area contributed by atoms with Crippen LogP contribution in [0.5, 0.6) is 11.5 Å². The number of rotatable bonds is 6. The second-order valence-electron chi connectivity index (χ2n) is 11.1. The van der Waals surface area contributed by atoms with Gasteiger partial charge in [0.05, 0.1) is 25.1 Å². The first-order valence-electron chi connectivity index (χ1n) is 13.5. The van der Waals surface area contributed by atoms with Crippen LogP contribution in [0.25, 0.3) is 0 Å². The summed E-state index contributed by atoms with van der Waals surface area (Å²) in [4.78, 5) is 9.16. The van der Waals surface area contributed by atoms with Crippen molar-refractivity contribution in [2.45, 2.75) is 17.6 Å². The molecule has 8 heteroatoms. The van der Waals surface area contributed by atoms with Crippen molar-refractivity contribution in [1.29, 1.82) is 0 Å². The summed E-state index contributed by atoms with van der Waals surface area (Å²) in [6.07, 6.45) is 12.7. The Morgan fingerprint density at radius 3 is 2.55 bits per heavy atom. The maximum Gasteiger partial charge on any atom is 0.171 e. The topological polar surface area (TPSA) is 78.3 Å². The normalized spacial score (nSPS) is 34.7. The van der Waals surface area contributed by atoms with Crippen LogP contribution in [0.4, 0.5) is 0 Å². The molecule has 2 fully saturated rings. The molecule has 6 rings (SSSR count). The summed E-state index contributed by atoms with van der Waals surface area (Å²) in [6.45, 7) is 4.42. The molecule has 1 aromatic carbocycles. The van der Waals surface area contributed by atoms with E-state index in [1.54, 1.807) is 19.5 Å². The summed E-state index contributed by atoms with van der Waals surface area (Å²) in [7, 11) is 3.76. The van der Waals surface area contributed by atoms with Gasteiger partial charge in [0.1, 0.15) is 17.1 Å². The number of nitrogens with zero attached hydrogens (tertiary/aromatic N) is 3. The molecule has 1 unspecified atom stereocenters. The van der Waals surface area contributed by atoms with Crippen LogP contribution >= 0.6 is 15.9 Å². The Balaban J connectivity index is 1.59. The number of piperazine rings is 1. The molecule has 202 valence electrons. The average molecular weight is 583 g/mol. The van der Waals surface area contributed by atoms with E-state index in [1.807, 2.05) is 24.3 Å². The second-order valence-corrected chi connectivity index (χ2v) is 12.0. The number of pyridine rings is 1. The Labute approximate surface area is 232 Å². The van der Waals surface area contributed by atoms with Crippen LogP contribution in [-0.2, 0) is 11.2 Å².